The van der Waals surface area contributed by atoms with Crippen LogP contribution in [0.5, 0.6) is 0 Å². The lowest BCUT2D eigenvalue weighted by Crippen LogP contribution is -2.42. The molecule has 4 amide bonds. The lowest BCUT2D eigenvalue weighted by atomic mass is 9.93. The molecule has 6 heteroatoms. The van der Waals surface area contributed by atoms with E-state index in [1.54, 1.807) is 6.92 Å². The molecule has 1 saturated carbocycles. The molecule has 2 rings (SSSR count). The van der Waals surface area contributed by atoms with Gasteiger partial charge in [-0.15, -0.1) is 0 Å². The predicted molar refractivity (Wildman–Crippen MR) is 95.7 cm³/mol. The number of urea groups is 1. The van der Waals surface area contributed by atoms with Crippen molar-refractivity contribution < 1.29 is 14.4 Å². The van der Waals surface area contributed by atoms with Gasteiger partial charge in [-0.25, -0.2) is 4.79 Å². The molecule has 1 aliphatic rings. The monoisotopic (exact) mass is 345 g/mol. The van der Waals surface area contributed by atoms with Crippen LogP contribution in [0.1, 0.15) is 50.6 Å². The third-order valence-electron chi connectivity index (χ3n) is 4.77. The molecular formula is C19H27N3O3. The average Bonchev–Trinajstić information content (AvgIpc) is 3.13. The van der Waals surface area contributed by atoms with E-state index in [0.29, 0.717) is 12.3 Å². The van der Waals surface area contributed by atoms with Crippen LogP contribution in [-0.4, -0.2) is 24.9 Å². The van der Waals surface area contributed by atoms with Gasteiger partial charge in [0.05, 0.1) is 12.0 Å². The van der Waals surface area contributed by atoms with Crippen LogP contribution in [-0.2, 0) is 9.59 Å². The SMILES string of the molecule is C[C@H](CNC(=O)NC=O)C(=O)NC(CC1CCCC1)c1ccccc1. The van der Waals surface area contributed by atoms with Crippen molar-refractivity contribution in [3.63, 3.8) is 0 Å². The molecule has 1 fully saturated rings. The summed E-state index contributed by atoms with van der Waals surface area (Å²) in [5.41, 5.74) is 1.11. The number of carbonyl (C=O) groups is 3. The number of nitrogens with one attached hydrogen (secondary N) is 3. The van der Waals surface area contributed by atoms with Gasteiger partial charge in [0.2, 0.25) is 12.3 Å². The van der Waals surface area contributed by atoms with E-state index in [1.165, 1.54) is 25.7 Å². The Kier molecular flexibility index (Phi) is 7.44. The smallest absolute Gasteiger partial charge is 0.321 e. The Morgan fingerprint density at radius 1 is 1.20 bits per heavy atom. The molecule has 0 spiro atoms. The summed E-state index contributed by atoms with van der Waals surface area (Å²) in [4.78, 5) is 34.0. The van der Waals surface area contributed by atoms with E-state index < -0.39 is 6.03 Å². The lowest BCUT2D eigenvalue weighted by molar-refractivity contribution is -0.125. The quantitative estimate of drug-likeness (QED) is 0.633. The minimum atomic E-state index is -0.597. The zero-order valence-corrected chi connectivity index (χ0v) is 14.7. The number of amides is 4. The highest BCUT2D eigenvalue weighted by Crippen LogP contribution is 2.33. The van der Waals surface area contributed by atoms with Crippen LogP contribution in [0.2, 0.25) is 0 Å². The van der Waals surface area contributed by atoms with Crippen molar-refractivity contribution in [3.8, 4) is 0 Å². The van der Waals surface area contributed by atoms with E-state index in [9.17, 15) is 14.4 Å². The van der Waals surface area contributed by atoms with Crippen molar-refractivity contribution >= 4 is 18.3 Å². The van der Waals surface area contributed by atoms with Gasteiger partial charge < -0.3 is 10.6 Å². The summed E-state index contributed by atoms with van der Waals surface area (Å²) in [5.74, 6) is 0.169. The summed E-state index contributed by atoms with van der Waals surface area (Å²) in [7, 11) is 0. The van der Waals surface area contributed by atoms with Crippen LogP contribution >= 0.6 is 0 Å². The lowest BCUT2D eigenvalue weighted by Gasteiger charge is -2.24. The standard InChI is InChI=1S/C19H27N3O3/c1-14(12-20-19(25)21-13-23)18(24)22-17(11-15-7-5-6-8-15)16-9-3-2-4-10-16/h2-4,9-10,13-15,17H,5-8,11-12H2,1H3,(H,22,24)(H2,20,21,23,25)/t14-,17?/m1/s1. The number of carbonyl (C=O) groups excluding carboxylic acids is 3. The number of benzene rings is 1. The molecule has 1 aliphatic carbocycles. The third-order valence-corrected chi connectivity index (χ3v) is 4.77. The Morgan fingerprint density at radius 2 is 1.88 bits per heavy atom. The summed E-state index contributed by atoms with van der Waals surface area (Å²) >= 11 is 0. The minimum absolute atomic E-state index is 0.0111. The van der Waals surface area contributed by atoms with Crippen molar-refractivity contribution in [1.29, 1.82) is 0 Å². The van der Waals surface area contributed by atoms with Crippen molar-refractivity contribution in [3.05, 3.63) is 35.9 Å². The molecule has 2 atom stereocenters. The van der Waals surface area contributed by atoms with Crippen LogP contribution in [0, 0.1) is 11.8 Å². The molecule has 0 aliphatic heterocycles. The van der Waals surface area contributed by atoms with E-state index in [1.807, 2.05) is 35.6 Å². The molecule has 1 aromatic carbocycles. The molecule has 6 nitrogen and oxygen atoms in total. The van der Waals surface area contributed by atoms with Crippen molar-refractivity contribution in [1.82, 2.24) is 16.0 Å². The zero-order valence-electron chi connectivity index (χ0n) is 14.7. The Labute approximate surface area is 148 Å². The van der Waals surface area contributed by atoms with Gasteiger partial charge >= 0.3 is 6.03 Å². The maximum absolute atomic E-state index is 12.5. The fourth-order valence-electron chi connectivity index (χ4n) is 3.30. The highest BCUT2D eigenvalue weighted by Gasteiger charge is 2.24. The van der Waals surface area contributed by atoms with Crippen LogP contribution in [0.15, 0.2) is 30.3 Å². The Hall–Kier alpha value is -2.37. The van der Waals surface area contributed by atoms with Gasteiger partial charge in [0.25, 0.3) is 0 Å². The molecule has 1 unspecified atom stereocenters. The zero-order chi connectivity index (χ0) is 18.1. The molecule has 0 heterocycles. The summed E-state index contributed by atoms with van der Waals surface area (Å²) in [6, 6.07) is 9.41. The van der Waals surface area contributed by atoms with Crippen LogP contribution in [0.25, 0.3) is 0 Å². The first-order valence-corrected chi connectivity index (χ1v) is 8.93. The highest BCUT2D eigenvalue weighted by molar-refractivity contribution is 5.85. The van der Waals surface area contributed by atoms with E-state index in [2.05, 4.69) is 10.6 Å². The maximum atomic E-state index is 12.5. The fourth-order valence-corrected chi connectivity index (χ4v) is 3.30. The van der Waals surface area contributed by atoms with E-state index in [0.717, 1.165) is 12.0 Å². The number of rotatable bonds is 8. The molecular weight excluding hydrogens is 318 g/mol. The molecule has 25 heavy (non-hydrogen) atoms. The molecule has 1 aromatic rings. The van der Waals surface area contributed by atoms with Crippen molar-refractivity contribution in [2.75, 3.05) is 6.54 Å². The van der Waals surface area contributed by atoms with Crippen LogP contribution < -0.4 is 16.0 Å². The van der Waals surface area contributed by atoms with Gasteiger partial charge in [0.15, 0.2) is 0 Å². The molecule has 0 bridgehead atoms. The summed E-state index contributed by atoms with van der Waals surface area (Å²) in [6.45, 7) is 1.94. The summed E-state index contributed by atoms with van der Waals surface area (Å²) in [6.07, 6.45) is 6.25. The second kappa shape index (κ2) is 9.81. The average molecular weight is 345 g/mol. The second-order valence-electron chi connectivity index (χ2n) is 6.73. The molecule has 136 valence electrons. The van der Waals surface area contributed by atoms with Crippen LogP contribution in [0.3, 0.4) is 0 Å². The topological polar surface area (TPSA) is 87.3 Å². The Bertz CT molecular complexity index is 571. The highest BCUT2D eigenvalue weighted by atomic mass is 16.2. The van der Waals surface area contributed by atoms with E-state index in [-0.39, 0.29) is 24.4 Å². The first-order chi connectivity index (χ1) is 12.1. The maximum Gasteiger partial charge on any atom is 0.321 e. The fraction of sp³-hybridized carbons (Fsp3) is 0.526. The van der Waals surface area contributed by atoms with Gasteiger partial charge in [0, 0.05) is 6.54 Å². The van der Waals surface area contributed by atoms with Crippen molar-refractivity contribution in [2.24, 2.45) is 11.8 Å². The van der Waals surface area contributed by atoms with Gasteiger partial charge in [0.1, 0.15) is 0 Å². The Morgan fingerprint density at radius 3 is 2.52 bits per heavy atom. The van der Waals surface area contributed by atoms with E-state index >= 15 is 0 Å². The van der Waals surface area contributed by atoms with Gasteiger partial charge in [-0.2, -0.15) is 0 Å². The van der Waals surface area contributed by atoms with Gasteiger partial charge in [-0.05, 0) is 17.9 Å². The summed E-state index contributed by atoms with van der Waals surface area (Å²) in [5, 5.41) is 7.64. The van der Waals surface area contributed by atoms with Crippen molar-refractivity contribution in [2.45, 2.75) is 45.1 Å². The molecule has 0 radical (unpaired) electrons. The first kappa shape index (κ1) is 19.0. The predicted octanol–water partition coefficient (Wildman–Crippen LogP) is 2.52. The minimum Gasteiger partial charge on any atom is -0.349 e. The molecule has 3 N–H and O–H groups in total. The number of hydrogen-bond acceptors (Lipinski definition) is 3. The normalized spacial score (nSPS) is 16.7. The van der Waals surface area contributed by atoms with Gasteiger partial charge in [-0.3, -0.25) is 14.9 Å². The molecule has 0 aromatic heterocycles. The second-order valence-corrected chi connectivity index (χ2v) is 6.73. The summed E-state index contributed by atoms with van der Waals surface area (Å²) < 4.78 is 0. The van der Waals surface area contributed by atoms with Crippen LogP contribution in [0.4, 0.5) is 4.79 Å². The number of hydrogen-bond donors (Lipinski definition) is 3. The Balaban J connectivity index is 1.93. The third kappa shape index (κ3) is 6.21. The van der Waals surface area contributed by atoms with E-state index in [4.69, 9.17) is 0 Å². The van der Waals surface area contributed by atoms with Gasteiger partial charge in [-0.1, -0.05) is 62.9 Å². The largest absolute Gasteiger partial charge is 0.349 e. The molecule has 0 saturated heterocycles. The number of imide groups is 1. The first-order valence-electron chi connectivity index (χ1n) is 8.93.